The first-order valence-electron chi connectivity index (χ1n) is 9.61. The average Bonchev–Trinajstić information content (AvgIpc) is 3.14. The summed E-state index contributed by atoms with van der Waals surface area (Å²) in [6.45, 7) is 6.33. The van der Waals surface area contributed by atoms with Gasteiger partial charge in [-0.25, -0.2) is 0 Å². The van der Waals surface area contributed by atoms with E-state index in [0.29, 0.717) is 17.2 Å². The van der Waals surface area contributed by atoms with Crippen LogP contribution in [0, 0.1) is 19.8 Å². The van der Waals surface area contributed by atoms with Gasteiger partial charge < -0.3 is 10.2 Å². The molecule has 1 fully saturated rings. The Hall–Kier alpha value is -2.60. The number of fused-ring (bicyclic) bond motifs is 1. The number of aromatic nitrogens is 3. The molecule has 0 saturated carbocycles. The zero-order valence-corrected chi connectivity index (χ0v) is 16.9. The molecule has 0 atom stereocenters. The molecule has 1 saturated heterocycles. The number of halogens is 1. The van der Waals surface area contributed by atoms with E-state index >= 15 is 0 Å². The van der Waals surface area contributed by atoms with Gasteiger partial charge in [-0.05, 0) is 55.5 Å². The van der Waals surface area contributed by atoms with Crippen molar-refractivity contribution in [2.24, 2.45) is 5.92 Å². The molecule has 0 unspecified atom stereocenters. The summed E-state index contributed by atoms with van der Waals surface area (Å²) in [5.41, 5.74) is 4.33. The minimum Gasteiger partial charge on any atom is -0.352 e. The third-order valence-corrected chi connectivity index (χ3v) is 5.98. The highest BCUT2D eigenvalue weighted by atomic mass is 35.5. The summed E-state index contributed by atoms with van der Waals surface area (Å²) in [4.78, 5) is 14.8. The minimum atomic E-state index is 0.0316. The highest BCUT2D eigenvalue weighted by Crippen LogP contribution is 2.25. The van der Waals surface area contributed by atoms with Crippen LogP contribution in [-0.4, -0.2) is 33.6 Å². The first kappa shape index (κ1) is 18.7. The van der Waals surface area contributed by atoms with Gasteiger partial charge in [0.25, 0.3) is 0 Å². The topological polar surface area (TPSA) is 62.5 Å². The fourth-order valence-electron chi connectivity index (χ4n) is 3.76. The standard InChI is InChI=1S/C21H24ClN5O/c1-14-5-3-6-17(15(14)2)13-23-20(28)16-8-11-26(12-9-16)21-25-24-19-18(22)7-4-10-27(19)21/h3-7,10,16H,8-9,11-13H2,1-2H3,(H,23,28). The van der Waals surface area contributed by atoms with E-state index in [1.807, 2.05) is 28.8 Å². The molecule has 0 spiro atoms. The Morgan fingerprint density at radius 3 is 2.75 bits per heavy atom. The fourth-order valence-corrected chi connectivity index (χ4v) is 3.96. The van der Waals surface area contributed by atoms with E-state index in [0.717, 1.165) is 31.9 Å². The van der Waals surface area contributed by atoms with E-state index in [1.54, 1.807) is 0 Å². The number of rotatable bonds is 4. The van der Waals surface area contributed by atoms with Crippen molar-refractivity contribution in [3.63, 3.8) is 0 Å². The van der Waals surface area contributed by atoms with E-state index in [9.17, 15) is 4.79 Å². The van der Waals surface area contributed by atoms with Crippen LogP contribution < -0.4 is 10.2 Å². The SMILES string of the molecule is Cc1cccc(CNC(=O)C2CCN(c3nnc4c(Cl)cccn34)CC2)c1C. The summed E-state index contributed by atoms with van der Waals surface area (Å²) in [7, 11) is 0. The quantitative estimate of drug-likeness (QED) is 0.731. The van der Waals surface area contributed by atoms with Crippen molar-refractivity contribution in [3.8, 4) is 0 Å². The molecular weight excluding hydrogens is 374 g/mol. The maximum absolute atomic E-state index is 12.6. The molecule has 0 aliphatic carbocycles. The van der Waals surface area contributed by atoms with Crippen LogP contribution in [0.3, 0.4) is 0 Å². The van der Waals surface area contributed by atoms with E-state index < -0.39 is 0 Å². The molecule has 3 heterocycles. The summed E-state index contributed by atoms with van der Waals surface area (Å²) in [6.07, 6.45) is 3.52. The molecule has 1 N–H and O–H groups in total. The first-order valence-corrected chi connectivity index (χ1v) is 9.99. The van der Waals surface area contributed by atoms with Gasteiger partial charge in [0.05, 0.1) is 5.02 Å². The Morgan fingerprint density at radius 2 is 1.96 bits per heavy atom. The number of hydrogen-bond donors (Lipinski definition) is 1. The van der Waals surface area contributed by atoms with Crippen molar-refractivity contribution in [1.82, 2.24) is 19.9 Å². The van der Waals surface area contributed by atoms with Gasteiger partial charge in [0.2, 0.25) is 11.9 Å². The lowest BCUT2D eigenvalue weighted by atomic mass is 9.95. The molecule has 3 aromatic rings. The van der Waals surface area contributed by atoms with Gasteiger partial charge in [0.1, 0.15) is 0 Å². The van der Waals surface area contributed by atoms with Gasteiger partial charge >= 0.3 is 0 Å². The summed E-state index contributed by atoms with van der Waals surface area (Å²) >= 11 is 6.19. The van der Waals surface area contributed by atoms with Crippen LogP contribution in [0.2, 0.25) is 5.02 Å². The molecule has 0 radical (unpaired) electrons. The minimum absolute atomic E-state index is 0.0316. The zero-order chi connectivity index (χ0) is 19.7. The summed E-state index contributed by atoms with van der Waals surface area (Å²) in [5, 5.41) is 12.2. The van der Waals surface area contributed by atoms with Crippen LogP contribution in [0.25, 0.3) is 5.65 Å². The lowest BCUT2D eigenvalue weighted by Crippen LogP contribution is -2.41. The molecule has 6 nitrogen and oxygen atoms in total. The number of carbonyl (C=O) groups excluding carboxylic acids is 1. The predicted octanol–water partition coefficient (Wildman–Crippen LogP) is 3.53. The smallest absolute Gasteiger partial charge is 0.231 e. The van der Waals surface area contributed by atoms with Crippen LogP contribution in [-0.2, 0) is 11.3 Å². The number of piperidine rings is 1. The highest BCUT2D eigenvalue weighted by molar-refractivity contribution is 6.33. The Balaban J connectivity index is 1.36. The molecule has 7 heteroatoms. The maximum atomic E-state index is 12.6. The fraction of sp³-hybridized carbons (Fsp3) is 0.381. The molecule has 1 aliphatic rings. The number of pyridine rings is 1. The Morgan fingerprint density at radius 1 is 1.18 bits per heavy atom. The number of anilines is 1. The van der Waals surface area contributed by atoms with Crippen molar-refractivity contribution in [1.29, 1.82) is 0 Å². The summed E-state index contributed by atoms with van der Waals surface area (Å²) < 4.78 is 1.91. The summed E-state index contributed by atoms with van der Waals surface area (Å²) in [6, 6.07) is 9.90. The molecule has 28 heavy (non-hydrogen) atoms. The third kappa shape index (κ3) is 3.56. The van der Waals surface area contributed by atoms with Crippen LogP contribution >= 0.6 is 11.6 Å². The van der Waals surface area contributed by atoms with E-state index in [4.69, 9.17) is 11.6 Å². The molecule has 4 rings (SSSR count). The second-order valence-corrected chi connectivity index (χ2v) is 7.80. The largest absolute Gasteiger partial charge is 0.352 e. The van der Waals surface area contributed by atoms with Crippen molar-refractivity contribution in [2.75, 3.05) is 18.0 Å². The lowest BCUT2D eigenvalue weighted by molar-refractivity contribution is -0.125. The van der Waals surface area contributed by atoms with Crippen molar-refractivity contribution < 1.29 is 4.79 Å². The van der Waals surface area contributed by atoms with Crippen LogP contribution in [0.15, 0.2) is 36.5 Å². The number of hydrogen-bond acceptors (Lipinski definition) is 4. The summed E-state index contributed by atoms with van der Waals surface area (Å²) in [5.74, 6) is 0.950. The van der Waals surface area contributed by atoms with Crippen molar-refractivity contribution in [2.45, 2.75) is 33.2 Å². The normalized spacial score (nSPS) is 15.2. The van der Waals surface area contributed by atoms with Gasteiger partial charge in [0.15, 0.2) is 5.65 Å². The number of carbonyl (C=O) groups is 1. The molecular formula is C21H24ClN5O. The molecule has 1 aliphatic heterocycles. The molecule has 2 aromatic heterocycles. The lowest BCUT2D eigenvalue weighted by Gasteiger charge is -2.31. The van der Waals surface area contributed by atoms with E-state index in [2.05, 4.69) is 46.4 Å². The highest BCUT2D eigenvalue weighted by Gasteiger charge is 2.27. The number of aryl methyl sites for hydroxylation is 1. The number of benzene rings is 1. The van der Waals surface area contributed by atoms with Gasteiger partial charge in [-0.2, -0.15) is 0 Å². The van der Waals surface area contributed by atoms with E-state index in [-0.39, 0.29) is 11.8 Å². The second-order valence-electron chi connectivity index (χ2n) is 7.39. The van der Waals surface area contributed by atoms with Crippen LogP contribution in [0.4, 0.5) is 5.95 Å². The second kappa shape index (κ2) is 7.80. The number of nitrogens with one attached hydrogen (secondary N) is 1. The first-order chi connectivity index (χ1) is 13.5. The Bertz CT molecular complexity index is 1010. The Labute approximate surface area is 169 Å². The zero-order valence-electron chi connectivity index (χ0n) is 16.2. The van der Waals surface area contributed by atoms with E-state index in [1.165, 1.54) is 16.7 Å². The van der Waals surface area contributed by atoms with Crippen molar-refractivity contribution >= 4 is 29.1 Å². The van der Waals surface area contributed by atoms with Gasteiger partial charge in [0, 0.05) is 31.7 Å². The molecule has 1 amide bonds. The predicted molar refractivity (Wildman–Crippen MR) is 111 cm³/mol. The van der Waals surface area contributed by atoms with Crippen LogP contribution in [0.1, 0.15) is 29.5 Å². The van der Waals surface area contributed by atoms with Gasteiger partial charge in [-0.3, -0.25) is 9.20 Å². The molecule has 0 bridgehead atoms. The van der Waals surface area contributed by atoms with Gasteiger partial charge in [-0.1, -0.05) is 29.8 Å². The van der Waals surface area contributed by atoms with Gasteiger partial charge in [-0.15, -0.1) is 10.2 Å². The molecule has 146 valence electrons. The number of nitrogens with zero attached hydrogens (tertiary/aromatic N) is 4. The number of amides is 1. The van der Waals surface area contributed by atoms with Crippen molar-refractivity contribution in [3.05, 3.63) is 58.2 Å². The average molecular weight is 398 g/mol. The molecule has 1 aromatic carbocycles. The monoisotopic (exact) mass is 397 g/mol. The maximum Gasteiger partial charge on any atom is 0.231 e. The Kier molecular flexibility index (Phi) is 5.22. The van der Waals surface area contributed by atoms with Crippen LogP contribution in [0.5, 0.6) is 0 Å². The third-order valence-electron chi connectivity index (χ3n) is 5.69.